The molecule has 116 valence electrons. The van der Waals surface area contributed by atoms with Crippen molar-refractivity contribution >= 4 is 23.4 Å². The lowest BCUT2D eigenvalue weighted by atomic mass is 10.3. The number of amides is 1. The molecule has 1 fully saturated rings. The summed E-state index contributed by atoms with van der Waals surface area (Å²) in [5.74, 6) is -2.50. The van der Waals surface area contributed by atoms with E-state index in [1.807, 2.05) is 0 Å². The molecule has 0 saturated carbocycles. The van der Waals surface area contributed by atoms with Crippen molar-refractivity contribution in [3.8, 4) is 0 Å². The van der Waals surface area contributed by atoms with Gasteiger partial charge in [-0.15, -0.1) is 0 Å². The average molecular weight is 316 g/mol. The SMILES string of the molecule is O=C(CCN1CCOCC1)Nc1ccc(SC(F)F)cc1. The molecule has 1 amide bonds. The summed E-state index contributed by atoms with van der Waals surface area (Å²) >= 11 is 0.491. The van der Waals surface area contributed by atoms with Gasteiger partial charge >= 0.3 is 0 Å². The van der Waals surface area contributed by atoms with E-state index in [1.54, 1.807) is 24.3 Å². The third-order valence-electron chi connectivity index (χ3n) is 3.12. The van der Waals surface area contributed by atoms with Crippen LogP contribution in [0, 0.1) is 0 Å². The molecule has 1 saturated heterocycles. The number of rotatable bonds is 6. The summed E-state index contributed by atoms with van der Waals surface area (Å²) in [7, 11) is 0. The minimum atomic E-state index is -2.43. The molecule has 21 heavy (non-hydrogen) atoms. The molecule has 0 atom stereocenters. The highest BCUT2D eigenvalue weighted by atomic mass is 32.2. The van der Waals surface area contributed by atoms with Crippen LogP contribution >= 0.6 is 11.8 Å². The van der Waals surface area contributed by atoms with Gasteiger partial charge in [-0.2, -0.15) is 8.78 Å². The Kier molecular flexibility index (Phi) is 6.41. The van der Waals surface area contributed by atoms with Crippen LogP contribution in [-0.2, 0) is 9.53 Å². The Morgan fingerprint density at radius 3 is 2.57 bits per heavy atom. The smallest absolute Gasteiger partial charge is 0.288 e. The fraction of sp³-hybridized carbons (Fsp3) is 0.500. The van der Waals surface area contributed by atoms with E-state index in [1.165, 1.54) is 0 Å². The first kappa shape index (κ1) is 16.2. The summed E-state index contributed by atoms with van der Waals surface area (Å²) in [4.78, 5) is 14.5. The van der Waals surface area contributed by atoms with Crippen LogP contribution in [0.1, 0.15) is 6.42 Å². The van der Waals surface area contributed by atoms with E-state index in [-0.39, 0.29) is 5.91 Å². The number of nitrogens with one attached hydrogen (secondary N) is 1. The number of nitrogens with zero attached hydrogens (tertiary/aromatic N) is 1. The maximum atomic E-state index is 12.2. The number of anilines is 1. The molecule has 0 spiro atoms. The van der Waals surface area contributed by atoms with Crippen LogP contribution < -0.4 is 5.32 Å². The Morgan fingerprint density at radius 2 is 1.95 bits per heavy atom. The molecule has 1 heterocycles. The number of carbonyl (C=O) groups is 1. The highest BCUT2D eigenvalue weighted by Crippen LogP contribution is 2.26. The zero-order valence-corrected chi connectivity index (χ0v) is 12.4. The summed E-state index contributed by atoms with van der Waals surface area (Å²) < 4.78 is 29.6. The zero-order valence-electron chi connectivity index (χ0n) is 11.6. The normalized spacial score (nSPS) is 16.1. The van der Waals surface area contributed by atoms with E-state index >= 15 is 0 Å². The monoisotopic (exact) mass is 316 g/mol. The van der Waals surface area contributed by atoms with E-state index in [9.17, 15) is 13.6 Å². The fourth-order valence-electron chi connectivity index (χ4n) is 2.03. The third kappa shape index (κ3) is 5.99. The van der Waals surface area contributed by atoms with E-state index < -0.39 is 5.76 Å². The highest BCUT2D eigenvalue weighted by molar-refractivity contribution is 7.99. The van der Waals surface area contributed by atoms with Crippen LogP contribution in [0.3, 0.4) is 0 Å². The molecular weight excluding hydrogens is 298 g/mol. The Bertz CT molecular complexity index is 451. The van der Waals surface area contributed by atoms with Crippen LogP contribution in [0.4, 0.5) is 14.5 Å². The number of halogens is 2. The molecule has 2 rings (SSSR count). The molecule has 0 bridgehead atoms. The highest BCUT2D eigenvalue weighted by Gasteiger charge is 2.12. The molecule has 1 aromatic rings. The minimum absolute atomic E-state index is 0.0734. The van der Waals surface area contributed by atoms with Gasteiger partial charge in [0.15, 0.2) is 0 Å². The first-order valence-corrected chi connectivity index (χ1v) is 7.66. The molecule has 1 N–H and O–H groups in total. The van der Waals surface area contributed by atoms with E-state index in [4.69, 9.17) is 4.74 Å². The quantitative estimate of drug-likeness (QED) is 0.819. The van der Waals surface area contributed by atoms with Crippen LogP contribution in [-0.4, -0.2) is 49.4 Å². The molecule has 7 heteroatoms. The van der Waals surface area contributed by atoms with Gasteiger partial charge in [0.2, 0.25) is 5.91 Å². The lowest BCUT2D eigenvalue weighted by molar-refractivity contribution is -0.116. The summed E-state index contributed by atoms with van der Waals surface area (Å²) in [6.45, 7) is 3.84. The number of carbonyl (C=O) groups excluding carboxylic acids is 1. The Hall–Kier alpha value is -1.18. The van der Waals surface area contributed by atoms with Crippen molar-refractivity contribution in [3.05, 3.63) is 24.3 Å². The topological polar surface area (TPSA) is 41.6 Å². The second-order valence-corrected chi connectivity index (χ2v) is 5.72. The fourth-order valence-corrected chi connectivity index (χ4v) is 2.53. The number of hydrogen-bond donors (Lipinski definition) is 1. The summed E-state index contributed by atoms with van der Waals surface area (Å²) in [6.07, 6.45) is 0.410. The van der Waals surface area contributed by atoms with E-state index in [0.717, 1.165) is 13.1 Å². The number of benzene rings is 1. The van der Waals surface area contributed by atoms with Gasteiger partial charge in [0.05, 0.1) is 13.2 Å². The van der Waals surface area contributed by atoms with Crippen molar-refractivity contribution in [1.82, 2.24) is 4.90 Å². The summed E-state index contributed by atoms with van der Waals surface area (Å²) in [6, 6.07) is 6.43. The molecule has 4 nitrogen and oxygen atoms in total. The molecular formula is C14H18F2N2O2S. The van der Waals surface area contributed by atoms with Crippen LogP contribution in [0.5, 0.6) is 0 Å². The largest absolute Gasteiger partial charge is 0.379 e. The molecule has 0 unspecified atom stereocenters. The van der Waals surface area contributed by atoms with Crippen LogP contribution in [0.15, 0.2) is 29.2 Å². The minimum Gasteiger partial charge on any atom is -0.379 e. The van der Waals surface area contributed by atoms with E-state index in [2.05, 4.69) is 10.2 Å². The van der Waals surface area contributed by atoms with Crippen molar-refractivity contribution in [3.63, 3.8) is 0 Å². The van der Waals surface area contributed by atoms with Gasteiger partial charge in [-0.1, -0.05) is 11.8 Å². The summed E-state index contributed by atoms with van der Waals surface area (Å²) in [5.41, 5.74) is 0.626. The number of hydrogen-bond acceptors (Lipinski definition) is 4. The predicted octanol–water partition coefficient (Wildman–Crippen LogP) is 2.66. The van der Waals surface area contributed by atoms with Gasteiger partial charge in [0.1, 0.15) is 0 Å². The second kappa shape index (κ2) is 8.31. The lowest BCUT2D eigenvalue weighted by Gasteiger charge is -2.26. The second-order valence-electron chi connectivity index (χ2n) is 4.66. The third-order valence-corrected chi connectivity index (χ3v) is 3.84. The number of thioether (sulfide) groups is 1. The van der Waals surface area contributed by atoms with Gasteiger partial charge < -0.3 is 10.1 Å². The predicted molar refractivity (Wildman–Crippen MR) is 78.8 cm³/mol. The van der Waals surface area contributed by atoms with E-state index in [0.29, 0.717) is 48.5 Å². The van der Waals surface area contributed by atoms with Crippen molar-refractivity contribution in [1.29, 1.82) is 0 Å². The van der Waals surface area contributed by atoms with Gasteiger partial charge in [-0.3, -0.25) is 9.69 Å². The van der Waals surface area contributed by atoms with Crippen LogP contribution in [0.25, 0.3) is 0 Å². The zero-order chi connectivity index (χ0) is 15.1. The molecule has 0 aromatic heterocycles. The first-order chi connectivity index (χ1) is 10.1. The maximum Gasteiger partial charge on any atom is 0.288 e. The van der Waals surface area contributed by atoms with Gasteiger partial charge in [0, 0.05) is 36.6 Å². The molecule has 0 radical (unpaired) electrons. The lowest BCUT2D eigenvalue weighted by Crippen LogP contribution is -2.38. The number of alkyl halides is 2. The molecule has 1 aliphatic heterocycles. The standard InChI is InChI=1S/C14H18F2N2O2S/c15-14(16)21-12-3-1-11(2-4-12)17-13(19)5-6-18-7-9-20-10-8-18/h1-4,14H,5-10H2,(H,17,19). The van der Waals surface area contributed by atoms with Crippen molar-refractivity contribution < 1.29 is 18.3 Å². The van der Waals surface area contributed by atoms with Gasteiger partial charge in [-0.25, -0.2) is 0 Å². The number of ether oxygens (including phenoxy) is 1. The van der Waals surface area contributed by atoms with Crippen molar-refractivity contribution in [2.24, 2.45) is 0 Å². The Morgan fingerprint density at radius 1 is 1.29 bits per heavy atom. The maximum absolute atomic E-state index is 12.2. The van der Waals surface area contributed by atoms with Crippen LogP contribution in [0.2, 0.25) is 0 Å². The first-order valence-electron chi connectivity index (χ1n) is 6.78. The average Bonchev–Trinajstić information content (AvgIpc) is 2.48. The van der Waals surface area contributed by atoms with Crippen molar-refractivity contribution in [2.75, 3.05) is 38.2 Å². The Balaban J connectivity index is 1.74. The molecule has 1 aromatic carbocycles. The number of morpholine rings is 1. The summed E-state index contributed by atoms with van der Waals surface area (Å²) in [5, 5.41) is 2.77. The van der Waals surface area contributed by atoms with Crippen molar-refractivity contribution in [2.45, 2.75) is 17.1 Å². The van der Waals surface area contributed by atoms with Gasteiger partial charge in [-0.05, 0) is 24.3 Å². The Labute approximate surface area is 126 Å². The molecule has 0 aliphatic carbocycles. The molecule has 1 aliphatic rings. The van der Waals surface area contributed by atoms with Gasteiger partial charge in [0.25, 0.3) is 5.76 Å².